The molecule has 2 rings (SSSR count). The Bertz CT molecular complexity index is 289. The average molecular weight is 182 g/mol. The van der Waals surface area contributed by atoms with Crippen molar-refractivity contribution in [2.45, 2.75) is 24.8 Å². The van der Waals surface area contributed by atoms with Gasteiger partial charge in [0.2, 0.25) is 5.95 Å². The zero-order valence-corrected chi connectivity index (χ0v) is 7.69. The van der Waals surface area contributed by atoms with E-state index in [1.165, 1.54) is 6.42 Å². The molecule has 1 aromatic rings. The highest BCUT2D eigenvalue weighted by atomic mass is 15.6. The van der Waals surface area contributed by atoms with Crippen LogP contribution in [0.5, 0.6) is 0 Å². The Kier molecular flexibility index (Phi) is 1.91. The van der Waals surface area contributed by atoms with E-state index in [1.807, 2.05) is 0 Å². The molecule has 0 aliphatic heterocycles. The normalized spacial score (nSPS) is 19.5. The number of anilines is 1. The van der Waals surface area contributed by atoms with Crippen LogP contribution in [0.4, 0.5) is 5.95 Å². The summed E-state index contributed by atoms with van der Waals surface area (Å²) in [4.78, 5) is 0. The number of aryl methyl sites for hydroxylation is 1. The SMILES string of the molecule is Cn1nnnc1NCC1(N)CCC1. The van der Waals surface area contributed by atoms with E-state index in [1.54, 1.807) is 11.7 Å². The van der Waals surface area contributed by atoms with Crippen molar-refractivity contribution in [2.24, 2.45) is 12.8 Å². The zero-order chi connectivity index (χ0) is 9.31. The van der Waals surface area contributed by atoms with Gasteiger partial charge in [-0.3, -0.25) is 0 Å². The Morgan fingerprint density at radius 2 is 2.38 bits per heavy atom. The minimum atomic E-state index is -0.0358. The van der Waals surface area contributed by atoms with Crippen LogP contribution in [0.1, 0.15) is 19.3 Å². The number of nitrogens with two attached hydrogens (primary N) is 1. The van der Waals surface area contributed by atoms with E-state index in [0.29, 0.717) is 5.95 Å². The first-order chi connectivity index (χ1) is 6.20. The highest BCUT2D eigenvalue weighted by Crippen LogP contribution is 2.28. The number of aromatic nitrogens is 4. The predicted octanol–water partition coefficient (Wildman–Crippen LogP) is -0.497. The summed E-state index contributed by atoms with van der Waals surface area (Å²) in [5, 5.41) is 14.2. The number of hydrogen-bond donors (Lipinski definition) is 2. The molecule has 0 saturated heterocycles. The van der Waals surface area contributed by atoms with Crippen molar-refractivity contribution < 1.29 is 0 Å². The predicted molar refractivity (Wildman–Crippen MR) is 48.1 cm³/mol. The molecule has 1 heterocycles. The molecule has 0 aromatic carbocycles. The van der Waals surface area contributed by atoms with Crippen LogP contribution in [0, 0.1) is 0 Å². The number of rotatable bonds is 3. The first kappa shape index (κ1) is 8.43. The van der Waals surface area contributed by atoms with Crippen molar-refractivity contribution in [3.8, 4) is 0 Å². The van der Waals surface area contributed by atoms with E-state index >= 15 is 0 Å². The molecule has 3 N–H and O–H groups in total. The van der Waals surface area contributed by atoms with Gasteiger partial charge in [-0.15, -0.1) is 0 Å². The van der Waals surface area contributed by atoms with E-state index in [2.05, 4.69) is 20.8 Å². The second-order valence-corrected chi connectivity index (χ2v) is 3.70. The molecule has 1 aliphatic rings. The monoisotopic (exact) mass is 182 g/mol. The topological polar surface area (TPSA) is 81.7 Å². The highest BCUT2D eigenvalue weighted by Gasteiger charge is 2.32. The van der Waals surface area contributed by atoms with Crippen LogP contribution in [0.25, 0.3) is 0 Å². The maximum atomic E-state index is 6.03. The van der Waals surface area contributed by atoms with Crippen molar-refractivity contribution >= 4 is 5.95 Å². The Morgan fingerprint density at radius 1 is 1.62 bits per heavy atom. The van der Waals surface area contributed by atoms with Crippen molar-refractivity contribution in [3.05, 3.63) is 0 Å². The second kappa shape index (κ2) is 2.95. The fourth-order valence-electron chi connectivity index (χ4n) is 1.44. The summed E-state index contributed by atoms with van der Waals surface area (Å²) in [5.74, 6) is 0.678. The summed E-state index contributed by atoms with van der Waals surface area (Å²) in [5.41, 5.74) is 5.99. The molecule has 0 bridgehead atoms. The fourth-order valence-corrected chi connectivity index (χ4v) is 1.44. The third-order valence-electron chi connectivity index (χ3n) is 2.57. The molecular formula is C7H14N6. The van der Waals surface area contributed by atoms with Gasteiger partial charge < -0.3 is 11.1 Å². The number of nitrogens with zero attached hydrogens (tertiary/aromatic N) is 4. The van der Waals surface area contributed by atoms with Crippen LogP contribution in [0.3, 0.4) is 0 Å². The van der Waals surface area contributed by atoms with Crippen LogP contribution in [-0.2, 0) is 7.05 Å². The van der Waals surface area contributed by atoms with Gasteiger partial charge in [0.25, 0.3) is 0 Å². The quantitative estimate of drug-likeness (QED) is 0.658. The summed E-state index contributed by atoms with van der Waals surface area (Å²) >= 11 is 0. The first-order valence-electron chi connectivity index (χ1n) is 4.45. The molecule has 72 valence electrons. The van der Waals surface area contributed by atoms with Gasteiger partial charge >= 0.3 is 0 Å². The van der Waals surface area contributed by atoms with Gasteiger partial charge in [-0.1, -0.05) is 5.10 Å². The number of hydrogen-bond acceptors (Lipinski definition) is 5. The highest BCUT2D eigenvalue weighted by molar-refractivity contribution is 5.23. The molecular weight excluding hydrogens is 168 g/mol. The van der Waals surface area contributed by atoms with Crippen molar-refractivity contribution in [3.63, 3.8) is 0 Å². The summed E-state index contributed by atoms with van der Waals surface area (Å²) in [6.45, 7) is 0.751. The lowest BCUT2D eigenvalue weighted by Crippen LogP contribution is -2.52. The lowest BCUT2D eigenvalue weighted by atomic mass is 9.78. The molecule has 1 aliphatic carbocycles. The van der Waals surface area contributed by atoms with Gasteiger partial charge in [0, 0.05) is 19.1 Å². The standard InChI is InChI=1S/C7H14N6/c1-13-6(10-11-12-13)9-5-7(8)3-2-4-7/h2-5,8H2,1H3,(H,9,10,12). The second-order valence-electron chi connectivity index (χ2n) is 3.70. The fraction of sp³-hybridized carbons (Fsp3) is 0.857. The maximum absolute atomic E-state index is 6.03. The molecule has 1 aromatic heterocycles. The van der Waals surface area contributed by atoms with Crippen LogP contribution in [0.15, 0.2) is 0 Å². The minimum Gasteiger partial charge on any atom is -0.351 e. The molecule has 0 radical (unpaired) electrons. The molecule has 0 spiro atoms. The van der Waals surface area contributed by atoms with Crippen LogP contribution in [0.2, 0.25) is 0 Å². The lowest BCUT2D eigenvalue weighted by Gasteiger charge is -2.38. The van der Waals surface area contributed by atoms with Gasteiger partial charge in [0.15, 0.2) is 0 Å². The molecule has 1 fully saturated rings. The van der Waals surface area contributed by atoms with E-state index in [-0.39, 0.29) is 5.54 Å². The van der Waals surface area contributed by atoms with E-state index < -0.39 is 0 Å². The lowest BCUT2D eigenvalue weighted by molar-refractivity contribution is 0.265. The summed E-state index contributed by atoms with van der Waals surface area (Å²) in [6, 6.07) is 0. The van der Waals surface area contributed by atoms with Gasteiger partial charge in [-0.25, -0.2) is 4.68 Å². The largest absolute Gasteiger partial charge is 0.351 e. The Labute approximate surface area is 76.5 Å². The van der Waals surface area contributed by atoms with Crippen molar-refractivity contribution in [1.82, 2.24) is 20.2 Å². The van der Waals surface area contributed by atoms with E-state index in [0.717, 1.165) is 19.4 Å². The summed E-state index contributed by atoms with van der Waals surface area (Å²) in [7, 11) is 1.80. The van der Waals surface area contributed by atoms with E-state index in [4.69, 9.17) is 5.73 Å². The molecule has 6 nitrogen and oxygen atoms in total. The molecule has 0 amide bonds. The third kappa shape index (κ3) is 1.62. The van der Waals surface area contributed by atoms with Crippen LogP contribution < -0.4 is 11.1 Å². The molecule has 1 saturated carbocycles. The van der Waals surface area contributed by atoms with Crippen LogP contribution >= 0.6 is 0 Å². The van der Waals surface area contributed by atoms with Crippen molar-refractivity contribution in [1.29, 1.82) is 0 Å². The Hall–Kier alpha value is -1.17. The third-order valence-corrected chi connectivity index (χ3v) is 2.57. The van der Waals surface area contributed by atoms with Crippen LogP contribution in [-0.4, -0.2) is 32.3 Å². The minimum absolute atomic E-state index is 0.0358. The van der Waals surface area contributed by atoms with Gasteiger partial charge in [-0.05, 0) is 29.7 Å². The number of tetrazole rings is 1. The smallest absolute Gasteiger partial charge is 0.242 e. The molecule has 0 atom stereocenters. The first-order valence-corrected chi connectivity index (χ1v) is 4.45. The van der Waals surface area contributed by atoms with Gasteiger partial charge in [0.05, 0.1) is 0 Å². The Balaban J connectivity index is 1.89. The number of nitrogens with one attached hydrogen (secondary N) is 1. The average Bonchev–Trinajstić information content (AvgIpc) is 2.44. The molecule has 0 unspecified atom stereocenters. The maximum Gasteiger partial charge on any atom is 0.242 e. The summed E-state index contributed by atoms with van der Waals surface area (Å²) in [6.07, 6.45) is 3.41. The Morgan fingerprint density at radius 3 is 2.85 bits per heavy atom. The zero-order valence-electron chi connectivity index (χ0n) is 7.69. The van der Waals surface area contributed by atoms with Crippen molar-refractivity contribution in [2.75, 3.05) is 11.9 Å². The van der Waals surface area contributed by atoms with E-state index in [9.17, 15) is 0 Å². The molecule has 13 heavy (non-hydrogen) atoms. The van der Waals surface area contributed by atoms with Gasteiger partial charge in [-0.2, -0.15) is 0 Å². The summed E-state index contributed by atoms with van der Waals surface area (Å²) < 4.78 is 1.60. The van der Waals surface area contributed by atoms with Gasteiger partial charge in [0.1, 0.15) is 0 Å². The molecule has 6 heteroatoms.